The van der Waals surface area contributed by atoms with E-state index in [1.54, 1.807) is 0 Å². The van der Waals surface area contributed by atoms with Crippen molar-refractivity contribution in [1.29, 1.82) is 0 Å². The molecular weight excluding hydrogens is 661 g/mol. The van der Waals surface area contributed by atoms with Crippen molar-refractivity contribution in [3.05, 3.63) is 12.2 Å². The fourth-order valence-corrected chi connectivity index (χ4v) is 6.72. The fraction of sp³-hybridized carbons (Fsp3) is 0.929. The smallest absolute Gasteiger partial charge is 0.457 e. The number of hydrogen-bond acceptors (Lipinski definition) is 6. The maximum absolute atomic E-state index is 12.6. The number of unbranched alkanes of at least 4 members (excludes halogenated alkanes) is 24. The third-order valence-electron chi connectivity index (χ3n) is 9.34. The predicted molar refractivity (Wildman–Crippen MR) is 215 cm³/mol. The number of carbonyl (C=O) groups excluding carboxylic acids is 1. The summed E-state index contributed by atoms with van der Waals surface area (Å²) in [6.07, 6.45) is 38.2. The van der Waals surface area contributed by atoms with Crippen LogP contribution in [0.25, 0.3) is 0 Å². The maximum atomic E-state index is 12.6. The molecule has 0 heterocycles. The van der Waals surface area contributed by atoms with Crippen LogP contribution in [0.3, 0.4) is 0 Å². The van der Waals surface area contributed by atoms with Crippen molar-refractivity contribution < 1.29 is 37.3 Å². The highest BCUT2D eigenvalue weighted by atomic mass is 31.2. The van der Waals surface area contributed by atoms with E-state index in [0.717, 1.165) is 19.3 Å². The largest absolute Gasteiger partial charge is 0.472 e. The van der Waals surface area contributed by atoms with Crippen LogP contribution in [0.2, 0.25) is 0 Å². The Balaban J connectivity index is 4.27. The van der Waals surface area contributed by atoms with Crippen LogP contribution in [-0.2, 0) is 27.9 Å². The van der Waals surface area contributed by atoms with Crippen molar-refractivity contribution in [3.63, 3.8) is 0 Å². The van der Waals surface area contributed by atoms with Gasteiger partial charge >= 0.3 is 13.8 Å². The van der Waals surface area contributed by atoms with Crippen LogP contribution >= 0.6 is 7.82 Å². The number of phosphoric acid groups is 1. The van der Waals surface area contributed by atoms with Crippen molar-refractivity contribution in [2.45, 2.75) is 200 Å². The molecule has 0 radical (unpaired) electrons. The highest BCUT2D eigenvalue weighted by molar-refractivity contribution is 7.47. The highest BCUT2D eigenvalue weighted by Gasteiger charge is 2.26. The number of ether oxygens (including phenoxy) is 2. The molecule has 0 rings (SSSR count). The lowest BCUT2D eigenvalue weighted by Crippen LogP contribution is -2.37. The van der Waals surface area contributed by atoms with Crippen LogP contribution in [-0.4, -0.2) is 75.6 Å². The summed E-state index contributed by atoms with van der Waals surface area (Å²) in [5.41, 5.74) is 0. The molecule has 0 aliphatic rings. The molecule has 304 valence electrons. The summed E-state index contributed by atoms with van der Waals surface area (Å²) in [5.74, 6) is -0.359. The molecule has 0 fully saturated rings. The lowest BCUT2D eigenvalue weighted by Gasteiger charge is -2.24. The highest BCUT2D eigenvalue weighted by Crippen LogP contribution is 2.43. The van der Waals surface area contributed by atoms with Gasteiger partial charge in [-0.3, -0.25) is 13.8 Å². The van der Waals surface area contributed by atoms with Crippen molar-refractivity contribution in [2.75, 3.05) is 54.1 Å². The molecule has 0 aromatic carbocycles. The first kappa shape index (κ1) is 50.2. The Bertz CT molecular complexity index is 833. The molecule has 8 nitrogen and oxygen atoms in total. The molecule has 0 aromatic heterocycles. The van der Waals surface area contributed by atoms with Gasteiger partial charge in [0.2, 0.25) is 0 Å². The number of phosphoric ester groups is 1. The van der Waals surface area contributed by atoms with Gasteiger partial charge in [-0.2, -0.15) is 0 Å². The van der Waals surface area contributed by atoms with Crippen molar-refractivity contribution in [2.24, 2.45) is 0 Å². The minimum atomic E-state index is -4.27. The summed E-state index contributed by atoms with van der Waals surface area (Å²) in [4.78, 5) is 22.8. The van der Waals surface area contributed by atoms with E-state index in [-0.39, 0.29) is 32.2 Å². The molecule has 0 amide bonds. The molecule has 0 saturated carbocycles. The number of hydrogen-bond donors (Lipinski definition) is 1. The monoisotopic (exact) mass is 747 g/mol. The van der Waals surface area contributed by atoms with E-state index in [1.807, 2.05) is 21.1 Å². The Morgan fingerprint density at radius 3 is 1.49 bits per heavy atom. The quantitative estimate of drug-likeness (QED) is 0.0219. The van der Waals surface area contributed by atoms with Crippen molar-refractivity contribution >= 4 is 13.8 Å². The average molecular weight is 747 g/mol. The molecule has 9 heteroatoms. The zero-order valence-corrected chi connectivity index (χ0v) is 35.3. The Morgan fingerprint density at radius 2 is 1.02 bits per heavy atom. The zero-order chi connectivity index (χ0) is 37.7. The minimum absolute atomic E-state index is 0.0862. The summed E-state index contributed by atoms with van der Waals surface area (Å²) < 4.78 is 34.9. The van der Waals surface area contributed by atoms with Crippen molar-refractivity contribution in [3.8, 4) is 0 Å². The van der Waals surface area contributed by atoms with E-state index in [4.69, 9.17) is 18.5 Å². The predicted octanol–water partition coefficient (Wildman–Crippen LogP) is 12.3. The van der Waals surface area contributed by atoms with Gasteiger partial charge < -0.3 is 18.9 Å². The molecule has 1 N–H and O–H groups in total. The first-order valence-corrected chi connectivity index (χ1v) is 22.9. The number of likely N-dealkylation sites (N-methyl/N-ethyl adjacent to an activating group) is 1. The number of allylic oxidation sites excluding steroid dienone is 2. The second-order valence-corrected chi connectivity index (χ2v) is 17.2. The van der Waals surface area contributed by atoms with Gasteiger partial charge in [-0.15, -0.1) is 0 Å². The van der Waals surface area contributed by atoms with Gasteiger partial charge in [-0.1, -0.05) is 174 Å². The van der Waals surface area contributed by atoms with E-state index in [0.29, 0.717) is 24.1 Å². The van der Waals surface area contributed by atoms with Gasteiger partial charge in [-0.25, -0.2) is 4.57 Å². The number of quaternary nitrogens is 1. The Morgan fingerprint density at radius 1 is 0.588 bits per heavy atom. The molecule has 0 bridgehead atoms. The summed E-state index contributed by atoms with van der Waals surface area (Å²) in [6, 6.07) is 0. The summed E-state index contributed by atoms with van der Waals surface area (Å²) >= 11 is 0. The van der Waals surface area contributed by atoms with Crippen LogP contribution in [0, 0.1) is 0 Å². The van der Waals surface area contributed by atoms with Crippen LogP contribution < -0.4 is 0 Å². The Hall–Kier alpha value is -0.760. The molecule has 0 aromatic rings. The number of nitrogens with zero attached hydrogens (tertiary/aromatic N) is 1. The second-order valence-electron chi connectivity index (χ2n) is 15.7. The van der Waals surface area contributed by atoms with E-state index in [2.05, 4.69) is 26.0 Å². The Kier molecular flexibility index (Phi) is 35.7. The van der Waals surface area contributed by atoms with Gasteiger partial charge in [0.05, 0.1) is 34.4 Å². The van der Waals surface area contributed by atoms with Gasteiger partial charge in [0.25, 0.3) is 0 Å². The van der Waals surface area contributed by atoms with E-state index in [9.17, 15) is 14.3 Å². The molecule has 0 aliphatic heterocycles. The lowest BCUT2D eigenvalue weighted by atomic mass is 10.0. The molecular formula is C42H85NO7P+. The molecule has 2 atom stereocenters. The van der Waals surface area contributed by atoms with Gasteiger partial charge in [0.1, 0.15) is 19.3 Å². The first-order valence-electron chi connectivity index (χ1n) is 21.4. The summed E-state index contributed by atoms with van der Waals surface area (Å²) in [7, 11) is 1.66. The van der Waals surface area contributed by atoms with Gasteiger partial charge in [0, 0.05) is 13.0 Å². The van der Waals surface area contributed by atoms with Gasteiger partial charge in [-0.05, 0) is 25.7 Å². The van der Waals surface area contributed by atoms with Gasteiger partial charge in [0.15, 0.2) is 0 Å². The van der Waals surface area contributed by atoms with Crippen molar-refractivity contribution in [1.82, 2.24) is 0 Å². The summed E-state index contributed by atoms with van der Waals surface area (Å²) in [5, 5.41) is 0. The maximum Gasteiger partial charge on any atom is 0.472 e. The number of rotatable bonds is 40. The van der Waals surface area contributed by atoms with E-state index >= 15 is 0 Å². The minimum Gasteiger partial charge on any atom is -0.457 e. The molecule has 0 spiro atoms. The normalized spacial score (nSPS) is 13.9. The molecule has 2 unspecified atom stereocenters. The third kappa shape index (κ3) is 40.3. The molecule has 0 saturated heterocycles. The second kappa shape index (κ2) is 36.2. The van der Waals surface area contributed by atoms with Crippen LogP contribution in [0.15, 0.2) is 12.2 Å². The SMILES string of the molecule is CCCCCCCCCCCCC/C=C\CCC(=O)OC(COCCCCCCCCCCCCCCCC)COP(=O)(O)OCC[N+](C)(C)C. The van der Waals surface area contributed by atoms with E-state index < -0.39 is 13.9 Å². The lowest BCUT2D eigenvalue weighted by molar-refractivity contribution is -0.870. The standard InChI is InChI=1S/C42H84NO7P/c1-6-8-10-12-14-16-18-20-22-23-25-27-29-31-33-35-42(44)50-41(40-49-51(45,46)48-38-36-43(3,4)5)39-47-37-34-32-30-28-26-24-21-19-17-15-13-11-9-7-2/h29,31,41H,6-28,30,32-40H2,1-5H3/p+1/b31-29-. The van der Waals surface area contributed by atoms with Crippen LogP contribution in [0.1, 0.15) is 194 Å². The molecule has 51 heavy (non-hydrogen) atoms. The number of carbonyl (C=O) groups is 1. The third-order valence-corrected chi connectivity index (χ3v) is 10.3. The average Bonchev–Trinajstić information content (AvgIpc) is 3.08. The van der Waals surface area contributed by atoms with Crippen LogP contribution in [0.5, 0.6) is 0 Å². The Labute approximate surface area is 316 Å². The summed E-state index contributed by atoms with van der Waals surface area (Å²) in [6.45, 7) is 5.61. The van der Waals surface area contributed by atoms with Crippen LogP contribution in [0.4, 0.5) is 0 Å². The number of esters is 1. The molecule has 0 aliphatic carbocycles. The fourth-order valence-electron chi connectivity index (χ4n) is 5.98. The van der Waals surface area contributed by atoms with E-state index in [1.165, 1.54) is 148 Å². The topological polar surface area (TPSA) is 91.3 Å². The first-order chi connectivity index (χ1) is 24.6. The zero-order valence-electron chi connectivity index (χ0n) is 34.4.